The Morgan fingerprint density at radius 2 is 0.667 bits per heavy atom. The van der Waals surface area contributed by atoms with E-state index < -0.39 is 343 Å². The number of carbonyl (C=O) groups is 10. The largest absolute Gasteiger partial charge is 0.463 e. The molecule has 7 fully saturated rings. The van der Waals surface area contributed by atoms with Gasteiger partial charge < -0.3 is 174 Å². The average molecular weight is 2150 g/mol. The molecular formula is C83H101ClFN21O44. The molecule has 150 heavy (non-hydrogen) atoms. The van der Waals surface area contributed by atoms with E-state index in [4.69, 9.17) is 125 Å². The number of esters is 3. The molecule has 7 aliphatic rings. The van der Waals surface area contributed by atoms with Crippen LogP contribution in [0.15, 0.2) is 126 Å². The SMILES string of the molecule is CC(=O)OCC1OC(n2ccnc(C(N)=O)c2=O)C(OC(C)=O)C1OC(C)=O.Cc1cn(C2OC(CO)C(O)C2O)c(=O)c(C(N)=O)n1.NC(=O)c1nc(-c2ccccc2)cn(C2OC(CO)C(O)C2O)c1=O.NC(=O)c1nc(Cl)cn(C2OC(CO)C(O)C2O)c1=O.NC(=O)c1nc(F)cn(C2OC(CO)C(O)C2O)c1=O.NC(=O)c1nccn(C2OC(CO)C(O)C2O)c1=O.NC(=O)c1nccn(C2OC(CO)CC2O)c1=O. The number of primary amides is 7. The van der Waals surface area contributed by atoms with Gasteiger partial charge in [0.1, 0.15) is 116 Å². The van der Waals surface area contributed by atoms with Gasteiger partial charge in [-0.05, 0) is 6.92 Å². The lowest BCUT2D eigenvalue weighted by Crippen LogP contribution is -2.42. The molecule has 0 radical (unpaired) electrons. The molecular weight excluding hydrogens is 2050 g/mol. The van der Waals surface area contributed by atoms with E-state index in [1.165, 1.54) is 51.0 Å². The summed E-state index contributed by atoms with van der Waals surface area (Å²) in [6, 6.07) is 8.74. The number of hydrogen-bond acceptors (Lipinski definition) is 51. The van der Waals surface area contributed by atoms with Crippen LogP contribution in [0.25, 0.3) is 11.3 Å². The van der Waals surface area contributed by atoms with Gasteiger partial charge in [-0.15, -0.1) is 0 Å². The molecule has 67 heteroatoms. The Hall–Kier alpha value is -14.7. The molecule has 31 N–H and O–H groups in total. The zero-order chi connectivity index (χ0) is 112. The summed E-state index contributed by atoms with van der Waals surface area (Å²) in [5.74, 6) is -10.6. The van der Waals surface area contributed by atoms with Crippen molar-refractivity contribution in [1.29, 1.82) is 0 Å². The van der Waals surface area contributed by atoms with Crippen molar-refractivity contribution in [2.75, 3.05) is 46.2 Å². The number of ether oxygens (including phenoxy) is 10. The van der Waals surface area contributed by atoms with Gasteiger partial charge >= 0.3 is 17.9 Å². The predicted molar refractivity (Wildman–Crippen MR) is 483 cm³/mol. The maximum absolute atomic E-state index is 13.3. The highest BCUT2D eigenvalue weighted by Crippen LogP contribution is 2.37. The first-order valence-electron chi connectivity index (χ1n) is 43.5. The van der Waals surface area contributed by atoms with Crippen LogP contribution in [0.5, 0.6) is 0 Å². The van der Waals surface area contributed by atoms with Gasteiger partial charge in [0.2, 0.25) is 5.95 Å². The van der Waals surface area contributed by atoms with E-state index >= 15 is 0 Å². The van der Waals surface area contributed by atoms with Crippen molar-refractivity contribution in [2.45, 2.75) is 200 Å². The minimum Gasteiger partial charge on any atom is -0.463 e. The fraction of sp³-hybridized carbons (Fsp3) is 0.470. The second-order valence-corrected chi connectivity index (χ2v) is 32.9. The number of aliphatic hydroxyl groups excluding tert-OH is 17. The number of nitrogens with zero attached hydrogens (tertiary/aromatic N) is 14. The van der Waals surface area contributed by atoms with Crippen LogP contribution in [0.4, 0.5) is 4.39 Å². The molecule has 15 rings (SSSR count). The highest BCUT2D eigenvalue weighted by atomic mass is 35.5. The van der Waals surface area contributed by atoms with E-state index in [2.05, 4.69) is 34.9 Å². The Morgan fingerprint density at radius 3 is 1.01 bits per heavy atom. The van der Waals surface area contributed by atoms with Crippen LogP contribution in [-0.4, -0.2) is 381 Å². The van der Waals surface area contributed by atoms with E-state index in [1.807, 2.05) is 0 Å². The monoisotopic (exact) mass is 2150 g/mol. The highest BCUT2D eigenvalue weighted by molar-refractivity contribution is 6.29. The Morgan fingerprint density at radius 1 is 0.360 bits per heavy atom. The maximum atomic E-state index is 13.3. The normalized spacial score (nSPS) is 27.7. The summed E-state index contributed by atoms with van der Waals surface area (Å²) >= 11 is 5.67. The molecule has 1 aromatic carbocycles. The Kier molecular flexibility index (Phi) is 41.2. The van der Waals surface area contributed by atoms with E-state index in [-0.39, 0.29) is 30.5 Å². The Labute approximate surface area is 839 Å². The quantitative estimate of drug-likeness (QED) is 0.0187. The molecule has 7 saturated heterocycles. The van der Waals surface area contributed by atoms with Gasteiger partial charge in [0.05, 0.1) is 63.3 Å². The lowest BCUT2D eigenvalue weighted by molar-refractivity contribution is -0.166. The number of halogens is 2. The minimum absolute atomic E-state index is 0.210. The molecule has 7 amide bonds. The third-order valence-corrected chi connectivity index (χ3v) is 22.5. The summed E-state index contributed by atoms with van der Waals surface area (Å²) < 4.78 is 71.7. The molecule has 7 aromatic heterocycles. The van der Waals surface area contributed by atoms with Crippen molar-refractivity contribution >= 4 is 70.9 Å². The van der Waals surface area contributed by atoms with Crippen LogP contribution in [0.3, 0.4) is 0 Å². The number of nitrogens with two attached hydrogens (primary N) is 7. The average Bonchev–Trinajstić information content (AvgIpc) is 1.59. The standard InChI is InChI=1S/C16H19N3O9.C16H17N3O6.C11H15N3O6.C10H12ClN3O6.C10H12FN3O6.C10H13N3O6.C10H13N3O5/c1-7(20)25-6-10-12(26-8(2)21)13(27-9(3)22)16(28-10)19-5-4-18-11(14(17)23)15(19)24;17-14(23)11-15(24)19(16-13(22)12(21)10(7-20)25-16)6-9(18-11)8-4-2-1-3-5-8;1-4-2-14(10(19)6(13-4)9(12)18)11-8(17)7(16)5(3-15)20-11;2*11-4-1-14(9(19)5(13-4)8(12)18)10-7(17)6(16)3(2-15)20-10;11-8(17)5-9(18)13(2-1-12-5)10-7(16)6(15)4(3-14)19-10;11-8(16)7-9(17)13(2-1-12-7)10-6(15)3-5(4-14)18-10/h4-5,10,12-13,16H,6H2,1-3H3,(H2,17,23);1-6,10,12-13,16,20-22H,7H2,(H2,17,23);2,5,7-8,11,15-17H,3H2,1H3,(H2,12,18);2*1,3,6-7,10,15-17H,2H2,(H2,12,18);1-2,4,6-7,10,14-16H,3H2,(H2,11,17);1-2,5-6,10,14-15H,3-4H2,(H2,11,16). The zero-order valence-electron chi connectivity index (χ0n) is 78.1. The van der Waals surface area contributed by atoms with Crippen molar-refractivity contribution in [3.63, 3.8) is 0 Å². The zero-order valence-corrected chi connectivity index (χ0v) is 78.8. The van der Waals surface area contributed by atoms with Gasteiger partial charge in [0.15, 0.2) is 95.7 Å². The first kappa shape index (κ1) is 119. The molecule has 65 nitrogen and oxygen atoms in total. The van der Waals surface area contributed by atoms with Gasteiger partial charge in [0, 0.05) is 88.5 Å². The Bertz CT molecular complexity index is 6460. The number of aliphatic hydroxyl groups is 17. The third kappa shape index (κ3) is 27.3. The maximum Gasteiger partial charge on any atom is 0.303 e. The van der Waals surface area contributed by atoms with Crippen molar-refractivity contribution < 1.29 is 187 Å². The summed E-state index contributed by atoms with van der Waals surface area (Å²) in [6.45, 7) is 1.63. The molecule has 816 valence electrons. The molecule has 0 spiro atoms. The topological polar surface area (TPSA) is 1030 Å². The summed E-state index contributed by atoms with van der Waals surface area (Å²) in [5, 5.41) is 161. The lowest BCUT2D eigenvalue weighted by atomic mass is 10.1. The first-order valence-corrected chi connectivity index (χ1v) is 43.9. The lowest BCUT2D eigenvalue weighted by Gasteiger charge is -2.24. The molecule has 14 heterocycles. The van der Waals surface area contributed by atoms with Crippen molar-refractivity contribution in [3.8, 4) is 11.3 Å². The van der Waals surface area contributed by atoms with Crippen LogP contribution in [0.2, 0.25) is 5.15 Å². The van der Waals surface area contributed by atoms with Gasteiger partial charge in [-0.3, -0.25) is 113 Å². The van der Waals surface area contributed by atoms with Gasteiger partial charge in [-0.1, -0.05) is 41.9 Å². The smallest absolute Gasteiger partial charge is 0.303 e. The number of aryl methyl sites for hydroxylation is 1. The Balaban J connectivity index is 0.000000195. The number of aromatic nitrogens is 14. The molecule has 0 bridgehead atoms. The minimum atomic E-state index is -1.59. The number of rotatable bonds is 25. The first-order chi connectivity index (χ1) is 70.6. The van der Waals surface area contributed by atoms with Crippen molar-refractivity contribution in [1.82, 2.24) is 66.9 Å². The van der Waals surface area contributed by atoms with Crippen LogP contribution in [0, 0.1) is 12.9 Å². The summed E-state index contributed by atoms with van der Waals surface area (Å²) in [4.78, 5) is 222. The van der Waals surface area contributed by atoms with E-state index in [0.29, 0.717) is 22.0 Å². The van der Waals surface area contributed by atoms with E-state index in [9.17, 15) is 147 Å². The van der Waals surface area contributed by atoms with Crippen molar-refractivity contribution in [2.24, 2.45) is 40.1 Å². The second kappa shape index (κ2) is 52.0. The van der Waals surface area contributed by atoms with Crippen LogP contribution in [0.1, 0.15) is 150 Å². The van der Waals surface area contributed by atoms with Crippen LogP contribution < -0.4 is 79.1 Å². The molecule has 27 unspecified atom stereocenters. The fourth-order valence-corrected chi connectivity index (χ4v) is 15.4. The summed E-state index contributed by atoms with van der Waals surface area (Å²) in [6.07, 6.45) is -21.7. The van der Waals surface area contributed by atoms with Crippen molar-refractivity contribution in [3.05, 3.63) is 221 Å². The molecule has 27 atom stereocenters. The molecule has 8 aromatic rings. The molecule has 0 aliphatic carbocycles. The number of carbonyl (C=O) groups excluding carboxylic acids is 10. The second-order valence-electron chi connectivity index (χ2n) is 32.6. The van der Waals surface area contributed by atoms with E-state index in [1.54, 1.807) is 30.3 Å². The highest BCUT2D eigenvalue weighted by Gasteiger charge is 2.53. The number of amides is 7. The summed E-state index contributed by atoms with van der Waals surface area (Å²) in [5.41, 5.74) is 26.4. The van der Waals surface area contributed by atoms with Gasteiger partial charge in [-0.25, -0.2) is 34.9 Å². The molecule has 7 aliphatic heterocycles. The van der Waals surface area contributed by atoms with E-state index in [0.717, 1.165) is 59.8 Å². The third-order valence-electron chi connectivity index (χ3n) is 22.3. The van der Waals surface area contributed by atoms with Gasteiger partial charge in [0.25, 0.3) is 80.3 Å². The fourth-order valence-electron chi connectivity index (χ4n) is 15.2. The predicted octanol–water partition coefficient (Wildman–Crippen LogP) is -15.8. The number of hydrogen-bond donors (Lipinski definition) is 24. The van der Waals surface area contributed by atoms with Crippen LogP contribution >= 0.6 is 11.6 Å². The summed E-state index contributed by atoms with van der Waals surface area (Å²) in [7, 11) is 0. The van der Waals surface area contributed by atoms with Crippen LogP contribution in [-0.2, 0) is 61.8 Å². The molecule has 0 saturated carbocycles. The van der Waals surface area contributed by atoms with Gasteiger partial charge in [-0.2, -0.15) is 4.39 Å². The number of benzene rings is 1.